The number of alkyl halides is 6. The van der Waals surface area contributed by atoms with E-state index in [0.29, 0.717) is 11.0 Å². The van der Waals surface area contributed by atoms with Crippen LogP contribution in [0.4, 0.5) is 32.0 Å². The molecule has 0 aliphatic carbocycles. The first-order valence-corrected chi connectivity index (χ1v) is 8.99. The van der Waals surface area contributed by atoms with Gasteiger partial charge in [0.2, 0.25) is 6.23 Å². The third-order valence-corrected chi connectivity index (χ3v) is 4.44. The van der Waals surface area contributed by atoms with Gasteiger partial charge in [0.1, 0.15) is 12.7 Å². The summed E-state index contributed by atoms with van der Waals surface area (Å²) in [6.45, 7) is -1.10. The molecule has 1 fully saturated rings. The summed E-state index contributed by atoms with van der Waals surface area (Å²) in [6, 6.07) is 11.2. The van der Waals surface area contributed by atoms with Crippen LogP contribution in [0.1, 0.15) is 21.5 Å². The molecule has 0 spiro atoms. The monoisotopic (exact) mass is 460 g/mol. The van der Waals surface area contributed by atoms with Crippen molar-refractivity contribution in [3.8, 4) is 6.07 Å². The second-order valence-electron chi connectivity index (χ2n) is 6.67. The smallest absolute Gasteiger partial charge is 0.342 e. The molecule has 1 aliphatic rings. The highest BCUT2D eigenvalue weighted by atomic mass is 19.4. The van der Waals surface area contributed by atoms with Crippen LogP contribution in [0.3, 0.4) is 0 Å². The Morgan fingerprint density at radius 3 is 2.41 bits per heavy atom. The maximum Gasteiger partial charge on any atom is 0.433 e. The lowest BCUT2D eigenvalue weighted by atomic mass is 10.1. The highest BCUT2D eigenvalue weighted by Crippen LogP contribution is 2.39. The van der Waals surface area contributed by atoms with Crippen molar-refractivity contribution in [3.63, 3.8) is 0 Å². The molecule has 2 atom stereocenters. The van der Waals surface area contributed by atoms with E-state index in [1.54, 1.807) is 18.2 Å². The topological polar surface area (TPSA) is 71.8 Å². The van der Waals surface area contributed by atoms with Crippen LogP contribution in [-0.4, -0.2) is 37.6 Å². The minimum absolute atomic E-state index is 0.145. The summed E-state index contributed by atoms with van der Waals surface area (Å²) in [5.41, 5.74) is -2.39. The first kappa shape index (κ1) is 23.4. The number of rotatable bonds is 5. The van der Waals surface area contributed by atoms with Gasteiger partial charge in [-0.25, -0.2) is 4.79 Å². The van der Waals surface area contributed by atoms with Gasteiger partial charge in [-0.05, 0) is 30.3 Å². The number of nitriles is 1. The molecule has 2 aromatic rings. The van der Waals surface area contributed by atoms with Crippen LogP contribution in [0.15, 0.2) is 48.5 Å². The van der Waals surface area contributed by atoms with Gasteiger partial charge in [-0.15, -0.1) is 0 Å². The van der Waals surface area contributed by atoms with E-state index in [1.165, 1.54) is 18.2 Å². The average Bonchev–Trinajstić information content (AvgIpc) is 3.18. The van der Waals surface area contributed by atoms with E-state index < -0.39 is 60.6 Å². The second kappa shape index (κ2) is 9.05. The molecule has 1 saturated heterocycles. The Hall–Kier alpha value is -3.30. The SMILES string of the molecule is N#Cc1ccc(N2C[C@@H](COOC(=O)c3ccccc3)O[C@@H]2C(F)(F)F)cc1C(F)(F)F. The summed E-state index contributed by atoms with van der Waals surface area (Å²) in [5, 5.41) is 8.86. The van der Waals surface area contributed by atoms with Crippen LogP contribution >= 0.6 is 0 Å². The van der Waals surface area contributed by atoms with Crippen molar-refractivity contribution in [3.05, 3.63) is 65.2 Å². The Kier molecular flexibility index (Phi) is 6.61. The number of nitrogens with zero attached hydrogens (tertiary/aromatic N) is 2. The number of ether oxygens (including phenoxy) is 1. The minimum atomic E-state index is -4.94. The predicted octanol–water partition coefficient (Wildman–Crippen LogP) is 4.46. The van der Waals surface area contributed by atoms with Gasteiger partial charge in [0.25, 0.3) is 0 Å². The minimum Gasteiger partial charge on any atom is -0.342 e. The van der Waals surface area contributed by atoms with Crippen molar-refractivity contribution >= 4 is 11.7 Å². The largest absolute Gasteiger partial charge is 0.433 e. The molecule has 0 amide bonds. The van der Waals surface area contributed by atoms with E-state index in [4.69, 9.17) is 14.9 Å². The fraction of sp³-hybridized carbons (Fsp3) is 0.300. The fourth-order valence-corrected chi connectivity index (χ4v) is 3.03. The van der Waals surface area contributed by atoms with Gasteiger partial charge in [0.15, 0.2) is 0 Å². The van der Waals surface area contributed by atoms with Crippen LogP contribution in [0.25, 0.3) is 0 Å². The quantitative estimate of drug-likeness (QED) is 0.373. The van der Waals surface area contributed by atoms with E-state index in [9.17, 15) is 31.1 Å². The Morgan fingerprint density at radius 1 is 1.12 bits per heavy atom. The van der Waals surface area contributed by atoms with E-state index in [2.05, 4.69) is 4.89 Å². The van der Waals surface area contributed by atoms with Crippen LogP contribution in [0, 0.1) is 11.3 Å². The first-order chi connectivity index (χ1) is 15.0. The predicted molar refractivity (Wildman–Crippen MR) is 96.0 cm³/mol. The van der Waals surface area contributed by atoms with Crippen LogP contribution in [-0.2, 0) is 20.7 Å². The van der Waals surface area contributed by atoms with Gasteiger partial charge >= 0.3 is 18.3 Å². The van der Waals surface area contributed by atoms with Crippen molar-refractivity contribution in [1.29, 1.82) is 5.26 Å². The summed E-state index contributed by atoms with van der Waals surface area (Å²) in [5.74, 6) is -0.880. The van der Waals surface area contributed by atoms with Crippen LogP contribution in [0.5, 0.6) is 0 Å². The van der Waals surface area contributed by atoms with Gasteiger partial charge in [-0.3, -0.25) is 4.89 Å². The summed E-state index contributed by atoms with van der Waals surface area (Å²) in [6.07, 6.45) is -13.7. The molecule has 0 unspecified atom stereocenters. The second-order valence-corrected chi connectivity index (χ2v) is 6.67. The number of halogens is 6. The van der Waals surface area contributed by atoms with Crippen molar-refractivity contribution in [2.45, 2.75) is 24.7 Å². The molecule has 0 N–H and O–H groups in total. The molecule has 0 saturated carbocycles. The molecule has 0 bridgehead atoms. The molecular formula is C20H14F6N2O4. The summed E-state index contributed by atoms with van der Waals surface area (Å²) in [4.78, 5) is 21.6. The Morgan fingerprint density at radius 2 is 1.81 bits per heavy atom. The average molecular weight is 460 g/mol. The molecule has 0 radical (unpaired) electrons. The summed E-state index contributed by atoms with van der Waals surface area (Å²) in [7, 11) is 0. The number of benzene rings is 2. The molecule has 1 aliphatic heterocycles. The maximum absolute atomic E-state index is 13.5. The number of carbonyl (C=O) groups excluding carboxylic acids is 1. The lowest BCUT2D eigenvalue weighted by Gasteiger charge is -2.27. The van der Waals surface area contributed by atoms with Crippen molar-refractivity contribution < 1.29 is 45.6 Å². The van der Waals surface area contributed by atoms with E-state index in [0.717, 1.165) is 12.1 Å². The third kappa shape index (κ3) is 5.30. The highest BCUT2D eigenvalue weighted by Gasteiger charge is 2.51. The molecule has 0 aromatic heterocycles. The van der Waals surface area contributed by atoms with Gasteiger partial charge < -0.3 is 9.64 Å². The molecule has 12 heteroatoms. The Bertz CT molecular complexity index is 1000. The highest BCUT2D eigenvalue weighted by molar-refractivity contribution is 5.88. The molecule has 6 nitrogen and oxygen atoms in total. The zero-order chi connectivity index (χ0) is 23.5. The van der Waals surface area contributed by atoms with Gasteiger partial charge in [-0.2, -0.15) is 36.5 Å². The molecular weight excluding hydrogens is 446 g/mol. The van der Waals surface area contributed by atoms with E-state index in [-0.39, 0.29) is 5.56 Å². The van der Waals surface area contributed by atoms with Gasteiger partial charge in [-0.1, -0.05) is 18.2 Å². The number of carbonyl (C=O) groups is 1. The lowest BCUT2D eigenvalue weighted by molar-refractivity contribution is -0.267. The number of hydrogen-bond acceptors (Lipinski definition) is 6. The van der Waals surface area contributed by atoms with E-state index >= 15 is 0 Å². The van der Waals surface area contributed by atoms with Crippen molar-refractivity contribution in [1.82, 2.24) is 0 Å². The summed E-state index contributed by atoms with van der Waals surface area (Å²) >= 11 is 0. The van der Waals surface area contributed by atoms with Crippen LogP contribution < -0.4 is 4.90 Å². The van der Waals surface area contributed by atoms with E-state index in [1.807, 2.05) is 0 Å². The third-order valence-electron chi connectivity index (χ3n) is 4.44. The van der Waals surface area contributed by atoms with Crippen LogP contribution in [0.2, 0.25) is 0 Å². The molecule has 32 heavy (non-hydrogen) atoms. The fourth-order valence-electron chi connectivity index (χ4n) is 3.03. The van der Waals surface area contributed by atoms with Gasteiger partial charge in [0.05, 0.1) is 22.8 Å². The van der Waals surface area contributed by atoms with Crippen molar-refractivity contribution in [2.24, 2.45) is 0 Å². The lowest BCUT2D eigenvalue weighted by Crippen LogP contribution is -2.42. The zero-order valence-electron chi connectivity index (χ0n) is 16.0. The Labute approximate surface area is 177 Å². The standard InChI is InChI=1S/C20H14F6N2O4/c21-19(22,23)16-8-14(7-6-13(16)9-27)28-10-15(31-18(28)20(24,25)26)11-30-32-17(29)12-4-2-1-3-5-12/h1-8,15,18H,10-11H2/t15-,18+/m0/s1. The van der Waals surface area contributed by atoms with Crippen molar-refractivity contribution in [2.75, 3.05) is 18.1 Å². The molecule has 1 heterocycles. The first-order valence-electron chi connectivity index (χ1n) is 8.99. The Balaban J connectivity index is 1.74. The normalized spacial score (nSPS) is 19.0. The van der Waals surface area contributed by atoms with Gasteiger partial charge in [0, 0.05) is 12.2 Å². The molecule has 2 aromatic carbocycles. The molecule has 170 valence electrons. The zero-order valence-corrected chi connectivity index (χ0v) is 16.0. The maximum atomic E-state index is 13.5. The summed E-state index contributed by atoms with van der Waals surface area (Å²) < 4.78 is 84.9. The number of anilines is 1. The molecule has 3 rings (SSSR count). The number of hydrogen-bond donors (Lipinski definition) is 0.